The highest BCUT2D eigenvalue weighted by atomic mass is 32.2. The average molecular weight is 188 g/mol. The molecule has 0 aromatic heterocycles. The monoisotopic (exact) mass is 188 g/mol. The third-order valence-electron chi connectivity index (χ3n) is 1.32. The van der Waals surface area contributed by atoms with E-state index in [0.29, 0.717) is 0 Å². The second kappa shape index (κ2) is 4.70. The Morgan fingerprint density at radius 2 is 1.92 bits per heavy atom. The van der Waals surface area contributed by atoms with Crippen LogP contribution in [0.15, 0.2) is 0 Å². The molecular weight excluding hydrogens is 180 g/mol. The molecule has 1 N–H and O–H groups in total. The lowest BCUT2D eigenvalue weighted by molar-refractivity contribution is 0.463. The summed E-state index contributed by atoms with van der Waals surface area (Å²) < 4.78 is 29.6. The van der Waals surface area contributed by atoms with Gasteiger partial charge in [0, 0.05) is 6.42 Å². The summed E-state index contributed by atoms with van der Waals surface area (Å²) in [7, 11) is -4.17. The van der Waals surface area contributed by atoms with E-state index in [1.54, 1.807) is 12.1 Å². The number of nitriles is 2. The van der Waals surface area contributed by atoms with Gasteiger partial charge in [-0.25, -0.2) is 0 Å². The van der Waals surface area contributed by atoms with Crippen LogP contribution in [0.3, 0.4) is 0 Å². The molecule has 1 atom stereocenters. The highest BCUT2D eigenvalue weighted by Gasteiger charge is 2.21. The van der Waals surface area contributed by atoms with Crippen LogP contribution >= 0.6 is 0 Å². The fourth-order valence-corrected chi connectivity index (χ4v) is 1.38. The summed E-state index contributed by atoms with van der Waals surface area (Å²) in [4.78, 5) is 0. The maximum atomic E-state index is 10.5. The zero-order valence-electron chi connectivity index (χ0n) is 6.27. The Balaban J connectivity index is 4.29. The Kier molecular flexibility index (Phi) is 4.27. The van der Waals surface area contributed by atoms with Crippen molar-refractivity contribution in [3.8, 4) is 12.1 Å². The van der Waals surface area contributed by atoms with Gasteiger partial charge in [-0.3, -0.25) is 4.55 Å². The molecule has 0 aromatic carbocycles. The largest absolute Gasteiger partial charge is 0.285 e. The van der Waals surface area contributed by atoms with Gasteiger partial charge in [0.25, 0.3) is 10.1 Å². The van der Waals surface area contributed by atoms with Crippen molar-refractivity contribution in [2.45, 2.75) is 24.5 Å². The Morgan fingerprint density at radius 3 is 2.25 bits per heavy atom. The van der Waals surface area contributed by atoms with Crippen molar-refractivity contribution in [2.75, 3.05) is 0 Å². The predicted molar refractivity (Wildman–Crippen MR) is 40.4 cm³/mol. The minimum absolute atomic E-state index is 0.00287. The minimum Gasteiger partial charge on any atom is -0.285 e. The van der Waals surface area contributed by atoms with Gasteiger partial charge in [0.05, 0.1) is 18.6 Å². The fraction of sp³-hybridized carbons (Fsp3) is 0.667. The number of hydrogen-bond acceptors (Lipinski definition) is 4. The van der Waals surface area contributed by atoms with Crippen LogP contribution in [0.1, 0.15) is 19.3 Å². The first-order chi connectivity index (χ1) is 5.52. The van der Waals surface area contributed by atoms with E-state index in [9.17, 15) is 8.42 Å². The summed E-state index contributed by atoms with van der Waals surface area (Å²) in [5.41, 5.74) is 0. The number of rotatable bonds is 4. The molecule has 0 saturated heterocycles. The molecule has 5 nitrogen and oxygen atoms in total. The second-order valence-corrected chi connectivity index (χ2v) is 3.89. The van der Waals surface area contributed by atoms with Gasteiger partial charge >= 0.3 is 0 Å². The van der Waals surface area contributed by atoms with Crippen LogP contribution in [0, 0.1) is 22.7 Å². The molecule has 0 rings (SSSR count). The Morgan fingerprint density at radius 1 is 1.33 bits per heavy atom. The summed E-state index contributed by atoms with van der Waals surface area (Å²) in [5, 5.41) is 15.2. The van der Waals surface area contributed by atoms with E-state index >= 15 is 0 Å². The molecule has 0 saturated carbocycles. The van der Waals surface area contributed by atoms with Gasteiger partial charge in [-0.1, -0.05) is 0 Å². The summed E-state index contributed by atoms with van der Waals surface area (Å²) in [6, 6.07) is 3.38. The molecule has 0 aliphatic heterocycles. The van der Waals surface area contributed by atoms with Crippen LogP contribution in [-0.4, -0.2) is 18.2 Å². The molecule has 0 spiro atoms. The maximum absolute atomic E-state index is 10.5. The third kappa shape index (κ3) is 3.91. The van der Waals surface area contributed by atoms with Gasteiger partial charge in [-0.05, 0) is 6.42 Å². The predicted octanol–water partition coefficient (Wildman–Crippen LogP) is 0.460. The molecule has 6 heteroatoms. The van der Waals surface area contributed by atoms with Gasteiger partial charge in [0.2, 0.25) is 0 Å². The Labute approximate surface area is 71.0 Å². The summed E-state index contributed by atoms with van der Waals surface area (Å²) >= 11 is 0. The van der Waals surface area contributed by atoms with Crippen LogP contribution in [0.4, 0.5) is 0 Å². The van der Waals surface area contributed by atoms with Crippen LogP contribution in [0.5, 0.6) is 0 Å². The molecule has 66 valence electrons. The lowest BCUT2D eigenvalue weighted by atomic mass is 10.2. The quantitative estimate of drug-likeness (QED) is 0.645. The molecule has 0 fully saturated rings. The van der Waals surface area contributed by atoms with Crippen molar-refractivity contribution in [3.05, 3.63) is 0 Å². The highest BCUT2D eigenvalue weighted by Crippen LogP contribution is 2.10. The Bertz CT molecular complexity index is 309. The first-order valence-electron chi connectivity index (χ1n) is 3.22. The molecule has 0 bridgehead atoms. The molecule has 12 heavy (non-hydrogen) atoms. The van der Waals surface area contributed by atoms with E-state index < -0.39 is 15.4 Å². The topological polar surface area (TPSA) is 102 Å². The molecule has 0 aliphatic rings. The van der Waals surface area contributed by atoms with E-state index in [1.165, 1.54) is 0 Å². The van der Waals surface area contributed by atoms with Crippen molar-refractivity contribution in [2.24, 2.45) is 0 Å². The van der Waals surface area contributed by atoms with E-state index in [4.69, 9.17) is 15.1 Å². The van der Waals surface area contributed by atoms with E-state index in [1.807, 2.05) is 0 Å². The second-order valence-electron chi connectivity index (χ2n) is 2.20. The molecule has 0 amide bonds. The molecule has 0 heterocycles. The van der Waals surface area contributed by atoms with Crippen molar-refractivity contribution in [3.63, 3.8) is 0 Å². The molecule has 0 aliphatic carbocycles. The molecule has 0 unspecified atom stereocenters. The summed E-state index contributed by atoms with van der Waals surface area (Å²) in [6.45, 7) is 0. The van der Waals surface area contributed by atoms with Gasteiger partial charge in [-0.15, -0.1) is 0 Å². The van der Waals surface area contributed by atoms with E-state index in [-0.39, 0.29) is 19.3 Å². The van der Waals surface area contributed by atoms with Crippen LogP contribution in [0.25, 0.3) is 0 Å². The van der Waals surface area contributed by atoms with E-state index in [0.717, 1.165) is 0 Å². The zero-order chi connectivity index (χ0) is 9.61. The fourth-order valence-electron chi connectivity index (χ4n) is 0.684. The first-order valence-corrected chi connectivity index (χ1v) is 4.73. The minimum atomic E-state index is -4.17. The van der Waals surface area contributed by atoms with Crippen molar-refractivity contribution >= 4 is 10.1 Å². The average Bonchev–Trinajstić information content (AvgIpc) is 1.95. The SMILES string of the molecule is N#CCC[C@@H](CC#N)S(=O)(=O)O. The van der Waals surface area contributed by atoms with E-state index in [2.05, 4.69) is 0 Å². The summed E-state index contributed by atoms with van der Waals surface area (Å²) in [5.74, 6) is 0. The van der Waals surface area contributed by atoms with Crippen molar-refractivity contribution in [1.29, 1.82) is 10.5 Å². The summed E-state index contributed by atoms with van der Waals surface area (Å²) in [6.07, 6.45) is -0.254. The van der Waals surface area contributed by atoms with Crippen LogP contribution in [0.2, 0.25) is 0 Å². The van der Waals surface area contributed by atoms with Crippen LogP contribution < -0.4 is 0 Å². The van der Waals surface area contributed by atoms with Gasteiger partial charge in [0.1, 0.15) is 5.25 Å². The molecule has 0 radical (unpaired) electrons. The standard InChI is InChI=1S/C6H8N2O3S/c7-4-1-2-6(3-5-8)12(9,10)11/h6H,1-3H2,(H,9,10,11)/t6-/m0/s1. The Hall–Kier alpha value is -1.11. The van der Waals surface area contributed by atoms with Gasteiger partial charge in [-0.2, -0.15) is 18.9 Å². The zero-order valence-corrected chi connectivity index (χ0v) is 7.08. The van der Waals surface area contributed by atoms with Crippen molar-refractivity contribution < 1.29 is 13.0 Å². The number of hydrogen-bond donors (Lipinski definition) is 1. The highest BCUT2D eigenvalue weighted by molar-refractivity contribution is 7.86. The first kappa shape index (κ1) is 10.9. The van der Waals surface area contributed by atoms with Gasteiger partial charge in [0.15, 0.2) is 0 Å². The van der Waals surface area contributed by atoms with Crippen LogP contribution in [-0.2, 0) is 10.1 Å². The maximum Gasteiger partial charge on any atom is 0.268 e. The lowest BCUT2D eigenvalue weighted by Crippen LogP contribution is -2.19. The van der Waals surface area contributed by atoms with Gasteiger partial charge < -0.3 is 0 Å². The lowest BCUT2D eigenvalue weighted by Gasteiger charge is -2.06. The molecule has 0 aromatic rings. The number of nitrogens with zero attached hydrogens (tertiary/aromatic N) is 2. The third-order valence-corrected chi connectivity index (χ3v) is 2.56. The normalized spacial score (nSPS) is 12.9. The molecular formula is C6H8N2O3S. The smallest absolute Gasteiger partial charge is 0.268 e. The van der Waals surface area contributed by atoms with Crippen molar-refractivity contribution in [1.82, 2.24) is 0 Å².